The van der Waals surface area contributed by atoms with Gasteiger partial charge in [-0.25, -0.2) is 17.6 Å². The van der Waals surface area contributed by atoms with E-state index < -0.39 is 40.8 Å². The third kappa shape index (κ3) is 1.76. The topological polar surface area (TPSA) is 48.8 Å². The Morgan fingerprint density at radius 3 is 1.87 bits per heavy atom. The van der Waals surface area contributed by atoms with Gasteiger partial charge in [-0.3, -0.25) is 0 Å². The lowest BCUT2D eigenvalue weighted by molar-refractivity contribution is 0.447. The van der Waals surface area contributed by atoms with E-state index in [2.05, 4.69) is 5.11 Å². The Morgan fingerprint density at radius 2 is 1.53 bits per heavy atom. The Bertz CT molecular complexity index is 427. The first-order chi connectivity index (χ1) is 7.04. The van der Waals surface area contributed by atoms with Gasteiger partial charge in [0.1, 0.15) is 5.69 Å². The van der Waals surface area contributed by atoms with Crippen LogP contribution in [-0.4, -0.2) is 7.85 Å². The number of nitrogens with zero attached hydrogens (tertiary/aromatic N) is 3. The zero-order valence-corrected chi connectivity index (χ0v) is 7.14. The van der Waals surface area contributed by atoms with Crippen LogP contribution in [0.25, 0.3) is 10.4 Å². The van der Waals surface area contributed by atoms with Crippen LogP contribution in [-0.2, 0) is 6.32 Å². The van der Waals surface area contributed by atoms with Crippen LogP contribution in [0.1, 0.15) is 5.56 Å². The van der Waals surface area contributed by atoms with Crippen molar-refractivity contribution in [3.63, 3.8) is 0 Å². The summed E-state index contributed by atoms with van der Waals surface area (Å²) >= 11 is 0. The van der Waals surface area contributed by atoms with Gasteiger partial charge in [-0.15, -0.1) is 0 Å². The second kappa shape index (κ2) is 4.23. The maximum Gasteiger partial charge on any atom is 0.171 e. The van der Waals surface area contributed by atoms with Crippen molar-refractivity contribution in [2.45, 2.75) is 6.32 Å². The van der Waals surface area contributed by atoms with Gasteiger partial charge >= 0.3 is 0 Å². The highest BCUT2D eigenvalue weighted by molar-refractivity contribution is 6.08. The number of hydrogen-bond acceptors (Lipinski definition) is 1. The molecular weight excluding hydrogens is 213 g/mol. The van der Waals surface area contributed by atoms with E-state index in [-0.39, 0.29) is 0 Å². The fourth-order valence-corrected chi connectivity index (χ4v) is 0.977. The average molecular weight is 215 g/mol. The fourth-order valence-electron chi connectivity index (χ4n) is 0.977. The molecule has 0 fully saturated rings. The predicted molar refractivity (Wildman–Crippen MR) is 44.5 cm³/mol. The molecule has 2 radical (unpaired) electrons. The predicted octanol–water partition coefficient (Wildman–Crippen LogP) is 2.85. The lowest BCUT2D eigenvalue weighted by atomic mass is 9.95. The van der Waals surface area contributed by atoms with E-state index in [1.165, 1.54) is 0 Å². The first-order valence-electron chi connectivity index (χ1n) is 3.64. The molecule has 0 heterocycles. The lowest BCUT2D eigenvalue weighted by Gasteiger charge is -2.06. The molecule has 1 rings (SSSR count). The van der Waals surface area contributed by atoms with Crippen molar-refractivity contribution in [1.29, 1.82) is 0 Å². The van der Waals surface area contributed by atoms with Gasteiger partial charge in [0.05, 0.1) is 7.85 Å². The van der Waals surface area contributed by atoms with Crippen molar-refractivity contribution in [3.05, 3.63) is 39.3 Å². The van der Waals surface area contributed by atoms with Gasteiger partial charge in [0, 0.05) is 10.5 Å². The number of azide groups is 1. The molecule has 0 aromatic heterocycles. The summed E-state index contributed by atoms with van der Waals surface area (Å²) in [5.74, 6) is -6.82. The molecule has 0 aliphatic rings. The molecule has 0 aliphatic heterocycles. The maximum absolute atomic E-state index is 13.0. The summed E-state index contributed by atoms with van der Waals surface area (Å²) in [5, 5.41) is 2.51. The lowest BCUT2D eigenvalue weighted by Crippen LogP contribution is -2.03. The molecule has 8 heteroatoms. The van der Waals surface area contributed by atoms with Crippen LogP contribution in [0.15, 0.2) is 5.11 Å². The summed E-state index contributed by atoms with van der Waals surface area (Å²) in [5.41, 5.74) is 5.66. The molecule has 0 aliphatic carbocycles. The van der Waals surface area contributed by atoms with Gasteiger partial charge in [0.25, 0.3) is 0 Å². The van der Waals surface area contributed by atoms with Gasteiger partial charge in [-0.1, -0.05) is 11.4 Å². The van der Waals surface area contributed by atoms with E-state index in [1.807, 2.05) is 4.91 Å². The number of halogens is 4. The van der Waals surface area contributed by atoms with E-state index in [4.69, 9.17) is 13.4 Å². The van der Waals surface area contributed by atoms with Gasteiger partial charge in [-0.05, 0) is 5.53 Å². The van der Waals surface area contributed by atoms with Crippen LogP contribution in [0.2, 0.25) is 0 Å². The number of hydrogen-bond donors (Lipinski definition) is 0. The van der Waals surface area contributed by atoms with Gasteiger partial charge in [0.15, 0.2) is 23.3 Å². The number of rotatable bonds is 2. The summed E-state index contributed by atoms with van der Waals surface area (Å²) in [6.45, 7) is 0. The second-order valence-corrected chi connectivity index (χ2v) is 2.48. The Kier molecular flexibility index (Phi) is 3.21. The van der Waals surface area contributed by atoms with Crippen LogP contribution in [0, 0.1) is 23.3 Å². The monoisotopic (exact) mass is 215 g/mol. The van der Waals surface area contributed by atoms with Crippen molar-refractivity contribution >= 4 is 13.5 Å². The minimum atomic E-state index is -1.76. The third-order valence-corrected chi connectivity index (χ3v) is 1.68. The van der Waals surface area contributed by atoms with E-state index in [0.717, 1.165) is 0 Å². The van der Waals surface area contributed by atoms with E-state index in [0.29, 0.717) is 0 Å². The van der Waals surface area contributed by atoms with E-state index >= 15 is 0 Å². The first kappa shape index (κ1) is 11.4. The molecule has 0 saturated carbocycles. The van der Waals surface area contributed by atoms with E-state index in [9.17, 15) is 17.6 Å². The van der Waals surface area contributed by atoms with Gasteiger partial charge < -0.3 is 0 Å². The van der Waals surface area contributed by atoms with Crippen molar-refractivity contribution in [1.82, 2.24) is 0 Å². The highest BCUT2D eigenvalue weighted by Gasteiger charge is 2.23. The van der Waals surface area contributed by atoms with Crippen molar-refractivity contribution in [3.8, 4) is 0 Å². The molecule has 1 aromatic rings. The van der Waals surface area contributed by atoms with Crippen LogP contribution in [0.5, 0.6) is 0 Å². The van der Waals surface area contributed by atoms with Crippen LogP contribution < -0.4 is 0 Å². The Hall–Kier alpha value is -1.69. The number of benzene rings is 1. The summed E-state index contributed by atoms with van der Waals surface area (Å²) in [7, 11) is 4.90. The molecule has 0 atom stereocenters. The van der Waals surface area contributed by atoms with Crippen molar-refractivity contribution in [2.75, 3.05) is 0 Å². The summed E-state index contributed by atoms with van der Waals surface area (Å²) in [4.78, 5) is 2.05. The van der Waals surface area contributed by atoms with Crippen molar-refractivity contribution < 1.29 is 17.6 Å². The Morgan fingerprint density at radius 1 is 1.07 bits per heavy atom. The summed E-state index contributed by atoms with van der Waals surface area (Å²) in [6, 6.07) is 0. The average Bonchev–Trinajstić information content (AvgIpc) is 2.23. The second-order valence-electron chi connectivity index (χ2n) is 2.48. The molecule has 0 spiro atoms. The standard InChI is InChI=1S/C7H2BF4N3/c8-1-2-3(9)5(11)7(14-15-13)6(12)4(2)10/h1H2. The van der Waals surface area contributed by atoms with Gasteiger partial charge in [0.2, 0.25) is 0 Å². The maximum atomic E-state index is 13.0. The third-order valence-electron chi connectivity index (χ3n) is 1.68. The van der Waals surface area contributed by atoms with Crippen molar-refractivity contribution in [2.24, 2.45) is 5.11 Å². The van der Waals surface area contributed by atoms with Crippen LogP contribution in [0.3, 0.4) is 0 Å². The SMILES string of the molecule is [B]Cc1c(F)c(F)c(N=[N+]=[N-])c(F)c1F. The zero-order valence-electron chi connectivity index (χ0n) is 7.14. The van der Waals surface area contributed by atoms with Crippen LogP contribution >= 0.6 is 0 Å². The molecule has 0 N–H and O–H groups in total. The molecule has 0 unspecified atom stereocenters. The Balaban J connectivity index is 3.65. The fraction of sp³-hybridized carbons (Fsp3) is 0.143. The normalized spacial score (nSPS) is 9.87. The molecule has 0 bridgehead atoms. The Labute approximate surface area is 82.7 Å². The van der Waals surface area contributed by atoms with E-state index in [1.54, 1.807) is 0 Å². The minimum Gasteiger partial charge on any atom is -0.203 e. The summed E-state index contributed by atoms with van der Waals surface area (Å²) in [6.07, 6.45) is -0.706. The van der Waals surface area contributed by atoms with Gasteiger partial charge in [-0.2, -0.15) is 0 Å². The molecule has 0 amide bonds. The molecule has 1 aromatic carbocycles. The quantitative estimate of drug-likeness (QED) is 0.182. The first-order valence-corrected chi connectivity index (χ1v) is 3.64. The zero-order chi connectivity index (χ0) is 11.6. The highest BCUT2D eigenvalue weighted by atomic mass is 19.2. The smallest absolute Gasteiger partial charge is 0.171 e. The largest absolute Gasteiger partial charge is 0.203 e. The minimum absolute atomic E-state index is 0.706. The summed E-state index contributed by atoms with van der Waals surface area (Å²) < 4.78 is 51.9. The molecule has 3 nitrogen and oxygen atoms in total. The highest BCUT2D eigenvalue weighted by Crippen LogP contribution is 2.30. The molecular formula is C7H2BF4N3. The molecule has 0 saturated heterocycles. The van der Waals surface area contributed by atoms with Crippen LogP contribution in [0.4, 0.5) is 23.2 Å². The molecule has 76 valence electrons. The molecule has 15 heavy (non-hydrogen) atoms.